The second kappa shape index (κ2) is 5.40. The van der Waals surface area contributed by atoms with Crippen molar-refractivity contribution in [1.29, 1.82) is 0 Å². The van der Waals surface area contributed by atoms with Gasteiger partial charge in [0.1, 0.15) is 5.82 Å². The third kappa shape index (κ3) is 3.02. The topological polar surface area (TPSA) is 17.8 Å². The molecule has 0 saturated heterocycles. The molecule has 0 N–H and O–H groups in total. The Morgan fingerprint density at radius 1 is 1.57 bits per heavy atom. The summed E-state index contributed by atoms with van der Waals surface area (Å²) in [5.41, 5.74) is 0. The molecule has 0 aliphatic rings. The molecule has 1 rings (SSSR count). The van der Waals surface area contributed by atoms with Crippen LogP contribution in [-0.4, -0.2) is 14.9 Å². The van der Waals surface area contributed by atoms with E-state index in [2.05, 4.69) is 23.4 Å². The summed E-state index contributed by atoms with van der Waals surface area (Å²) in [5, 5.41) is 0.264. The minimum absolute atomic E-state index is 0.264. The molecule has 80 valence electrons. The maximum atomic E-state index is 6.10. The minimum atomic E-state index is 0.264. The Hall–Kier alpha value is -0.500. The van der Waals surface area contributed by atoms with Crippen molar-refractivity contribution in [2.45, 2.75) is 38.5 Å². The number of aromatic nitrogens is 2. The molecule has 14 heavy (non-hydrogen) atoms. The van der Waals surface area contributed by atoms with Crippen molar-refractivity contribution in [3.63, 3.8) is 0 Å². The van der Waals surface area contributed by atoms with Crippen LogP contribution in [0.4, 0.5) is 0 Å². The van der Waals surface area contributed by atoms with Gasteiger partial charge in [-0.1, -0.05) is 13.3 Å². The third-order valence-corrected chi connectivity index (χ3v) is 3.19. The molecule has 0 fully saturated rings. The van der Waals surface area contributed by atoms with Gasteiger partial charge in [-0.15, -0.1) is 11.6 Å². The molecule has 2 unspecified atom stereocenters. The zero-order valence-electron chi connectivity index (χ0n) is 9.20. The summed E-state index contributed by atoms with van der Waals surface area (Å²) in [7, 11) is 2.04. The van der Waals surface area contributed by atoms with Gasteiger partial charge in [0.2, 0.25) is 0 Å². The van der Waals surface area contributed by atoms with Crippen LogP contribution in [-0.2, 0) is 13.5 Å². The Balaban J connectivity index is 2.43. The Kier molecular flexibility index (Phi) is 4.46. The predicted octanol–water partition coefficient (Wildman–Crippen LogP) is 3.01. The Bertz CT molecular complexity index is 268. The van der Waals surface area contributed by atoms with E-state index in [4.69, 9.17) is 11.6 Å². The molecule has 1 aromatic rings. The number of halogens is 1. The first-order valence-corrected chi connectivity index (χ1v) is 5.69. The van der Waals surface area contributed by atoms with E-state index in [0.29, 0.717) is 5.92 Å². The van der Waals surface area contributed by atoms with Crippen LogP contribution >= 0.6 is 11.6 Å². The van der Waals surface area contributed by atoms with E-state index in [9.17, 15) is 0 Å². The lowest BCUT2D eigenvalue weighted by atomic mass is 9.97. The van der Waals surface area contributed by atoms with Gasteiger partial charge in [-0.2, -0.15) is 0 Å². The fourth-order valence-electron chi connectivity index (χ4n) is 1.71. The van der Waals surface area contributed by atoms with Gasteiger partial charge >= 0.3 is 0 Å². The standard InChI is InChI=1S/C11H19ClN2/c1-4-10(9(2)12)5-6-11-13-7-8-14(11)3/h7-10H,4-6H2,1-3H3. The van der Waals surface area contributed by atoms with Crippen LogP contribution in [0.2, 0.25) is 0 Å². The lowest BCUT2D eigenvalue weighted by molar-refractivity contribution is 0.455. The summed E-state index contributed by atoms with van der Waals surface area (Å²) in [6.45, 7) is 4.27. The molecule has 0 aliphatic heterocycles. The molecule has 0 aromatic carbocycles. The van der Waals surface area contributed by atoms with Gasteiger partial charge < -0.3 is 4.57 Å². The fourth-order valence-corrected chi connectivity index (χ4v) is 2.01. The predicted molar refractivity (Wildman–Crippen MR) is 60.6 cm³/mol. The van der Waals surface area contributed by atoms with Gasteiger partial charge in [-0.05, 0) is 19.3 Å². The van der Waals surface area contributed by atoms with E-state index >= 15 is 0 Å². The van der Waals surface area contributed by atoms with Crippen molar-refractivity contribution in [1.82, 2.24) is 9.55 Å². The highest BCUT2D eigenvalue weighted by atomic mass is 35.5. The summed E-state index contributed by atoms with van der Waals surface area (Å²) in [6.07, 6.45) is 7.14. The van der Waals surface area contributed by atoms with Crippen molar-refractivity contribution in [3.8, 4) is 0 Å². The summed E-state index contributed by atoms with van der Waals surface area (Å²) < 4.78 is 2.08. The first-order valence-electron chi connectivity index (χ1n) is 5.25. The molecular weight excluding hydrogens is 196 g/mol. The first-order chi connectivity index (χ1) is 6.65. The minimum Gasteiger partial charge on any atom is -0.338 e. The molecule has 3 heteroatoms. The van der Waals surface area contributed by atoms with E-state index in [-0.39, 0.29) is 5.38 Å². The average Bonchev–Trinajstić information content (AvgIpc) is 2.52. The third-order valence-electron chi connectivity index (χ3n) is 2.83. The molecule has 0 aliphatic carbocycles. The number of hydrogen-bond acceptors (Lipinski definition) is 1. The Morgan fingerprint density at radius 2 is 2.29 bits per heavy atom. The molecule has 0 radical (unpaired) electrons. The smallest absolute Gasteiger partial charge is 0.108 e. The molecule has 1 heterocycles. The van der Waals surface area contributed by atoms with Crippen molar-refractivity contribution < 1.29 is 0 Å². The van der Waals surface area contributed by atoms with Crippen LogP contribution in [0.25, 0.3) is 0 Å². The molecule has 2 nitrogen and oxygen atoms in total. The van der Waals surface area contributed by atoms with Crippen LogP contribution in [0.1, 0.15) is 32.5 Å². The zero-order chi connectivity index (χ0) is 10.6. The van der Waals surface area contributed by atoms with Crippen molar-refractivity contribution >= 4 is 11.6 Å². The van der Waals surface area contributed by atoms with Gasteiger partial charge in [-0.25, -0.2) is 4.98 Å². The van der Waals surface area contributed by atoms with Gasteiger partial charge in [0.15, 0.2) is 0 Å². The molecule has 1 aromatic heterocycles. The highest BCUT2D eigenvalue weighted by molar-refractivity contribution is 6.20. The molecule has 2 atom stereocenters. The molecular formula is C11H19ClN2. The van der Waals surface area contributed by atoms with E-state index in [1.54, 1.807) is 0 Å². The Morgan fingerprint density at radius 3 is 2.71 bits per heavy atom. The fraction of sp³-hybridized carbons (Fsp3) is 0.727. The lowest BCUT2D eigenvalue weighted by Gasteiger charge is -2.16. The van der Waals surface area contributed by atoms with E-state index < -0.39 is 0 Å². The molecule has 0 amide bonds. The van der Waals surface area contributed by atoms with Crippen LogP contribution in [0, 0.1) is 5.92 Å². The largest absolute Gasteiger partial charge is 0.338 e. The van der Waals surface area contributed by atoms with Crippen LogP contribution in [0.3, 0.4) is 0 Å². The number of alkyl halides is 1. The summed E-state index contributed by atoms with van der Waals surface area (Å²) in [4.78, 5) is 4.30. The summed E-state index contributed by atoms with van der Waals surface area (Å²) >= 11 is 6.10. The second-order valence-corrected chi connectivity index (χ2v) is 4.53. The second-order valence-electron chi connectivity index (χ2n) is 3.84. The molecule has 0 saturated carbocycles. The Labute approximate surface area is 91.3 Å². The first kappa shape index (κ1) is 11.6. The van der Waals surface area contributed by atoms with Crippen molar-refractivity contribution in [3.05, 3.63) is 18.2 Å². The van der Waals surface area contributed by atoms with Crippen molar-refractivity contribution in [2.24, 2.45) is 13.0 Å². The monoisotopic (exact) mass is 214 g/mol. The molecule has 0 bridgehead atoms. The number of aryl methyl sites for hydroxylation is 2. The average molecular weight is 215 g/mol. The quantitative estimate of drug-likeness (QED) is 0.690. The number of hydrogen-bond donors (Lipinski definition) is 0. The SMILES string of the molecule is CCC(CCc1nccn1C)C(C)Cl. The number of nitrogens with zero attached hydrogens (tertiary/aromatic N) is 2. The van der Waals surface area contributed by atoms with Gasteiger partial charge in [0.25, 0.3) is 0 Å². The number of imidazole rings is 1. The van der Waals surface area contributed by atoms with Gasteiger partial charge in [0.05, 0.1) is 0 Å². The van der Waals surface area contributed by atoms with E-state index in [1.165, 1.54) is 0 Å². The van der Waals surface area contributed by atoms with Crippen LogP contribution in [0.5, 0.6) is 0 Å². The lowest BCUT2D eigenvalue weighted by Crippen LogP contribution is -2.12. The maximum absolute atomic E-state index is 6.10. The van der Waals surface area contributed by atoms with E-state index in [0.717, 1.165) is 25.1 Å². The van der Waals surface area contributed by atoms with Crippen LogP contribution in [0.15, 0.2) is 12.4 Å². The van der Waals surface area contributed by atoms with Gasteiger partial charge in [-0.3, -0.25) is 0 Å². The van der Waals surface area contributed by atoms with Gasteiger partial charge in [0, 0.05) is 31.2 Å². The van der Waals surface area contributed by atoms with Crippen molar-refractivity contribution in [2.75, 3.05) is 0 Å². The van der Waals surface area contributed by atoms with E-state index in [1.807, 2.05) is 19.4 Å². The molecule has 0 spiro atoms. The normalized spacial score (nSPS) is 15.4. The summed E-state index contributed by atoms with van der Waals surface area (Å²) in [6, 6.07) is 0. The zero-order valence-corrected chi connectivity index (χ0v) is 9.96. The maximum Gasteiger partial charge on any atom is 0.108 e. The highest BCUT2D eigenvalue weighted by Crippen LogP contribution is 2.19. The number of rotatable bonds is 5. The highest BCUT2D eigenvalue weighted by Gasteiger charge is 2.13. The summed E-state index contributed by atoms with van der Waals surface area (Å²) in [5.74, 6) is 1.76. The van der Waals surface area contributed by atoms with Crippen LogP contribution < -0.4 is 0 Å².